The van der Waals surface area contributed by atoms with Crippen LogP contribution in [0.4, 0.5) is 0 Å². The van der Waals surface area contributed by atoms with E-state index in [4.69, 9.17) is 4.74 Å². The number of ether oxygens (including phenoxy) is 1. The molecule has 0 amide bonds. The lowest BCUT2D eigenvalue weighted by Crippen LogP contribution is -1.99. The van der Waals surface area contributed by atoms with Crippen molar-refractivity contribution >= 4 is 11.7 Å². The van der Waals surface area contributed by atoms with E-state index < -0.39 is 6.10 Å². The third-order valence-corrected chi connectivity index (χ3v) is 2.04. The monoisotopic (exact) mass is 188 g/mol. The van der Waals surface area contributed by atoms with Gasteiger partial charge in [-0.25, -0.2) is 0 Å². The van der Waals surface area contributed by atoms with E-state index in [-0.39, 0.29) is 0 Å². The van der Waals surface area contributed by atoms with Crippen molar-refractivity contribution in [1.82, 2.24) is 8.75 Å². The highest BCUT2D eigenvalue weighted by Gasteiger charge is 2.09. The Hall–Kier alpha value is -0.520. The molecule has 1 atom stereocenters. The summed E-state index contributed by atoms with van der Waals surface area (Å²) in [5, 5.41) is 9.48. The molecule has 0 aliphatic heterocycles. The first kappa shape index (κ1) is 9.57. The molecule has 1 rings (SSSR count). The van der Waals surface area contributed by atoms with Crippen molar-refractivity contribution in [3.63, 3.8) is 0 Å². The van der Waals surface area contributed by atoms with Crippen LogP contribution in [-0.4, -0.2) is 27.6 Å². The van der Waals surface area contributed by atoms with Crippen LogP contribution in [0.2, 0.25) is 0 Å². The zero-order valence-electron chi connectivity index (χ0n) is 6.93. The smallest absolute Gasteiger partial charge is 0.103 e. The lowest BCUT2D eigenvalue weighted by Gasteiger charge is -2.05. The van der Waals surface area contributed by atoms with E-state index in [2.05, 4.69) is 8.75 Å². The summed E-state index contributed by atoms with van der Waals surface area (Å²) in [5.74, 6) is 0. The van der Waals surface area contributed by atoms with Crippen LogP contribution in [0, 0.1) is 0 Å². The maximum atomic E-state index is 9.48. The van der Waals surface area contributed by atoms with Gasteiger partial charge in [-0.15, -0.1) is 0 Å². The van der Waals surface area contributed by atoms with Crippen LogP contribution in [0.1, 0.15) is 24.6 Å². The molecule has 4 nitrogen and oxygen atoms in total. The van der Waals surface area contributed by atoms with Crippen LogP contribution < -0.4 is 0 Å². The Labute approximate surface area is 75.5 Å². The Morgan fingerprint density at radius 1 is 1.75 bits per heavy atom. The second-order valence-electron chi connectivity index (χ2n) is 2.48. The third-order valence-electron chi connectivity index (χ3n) is 1.55. The van der Waals surface area contributed by atoms with Gasteiger partial charge in [-0.05, 0) is 12.8 Å². The average molecular weight is 188 g/mol. The predicted molar refractivity (Wildman–Crippen MR) is 46.0 cm³/mol. The zero-order valence-corrected chi connectivity index (χ0v) is 7.75. The van der Waals surface area contributed by atoms with Gasteiger partial charge in [0.2, 0.25) is 0 Å². The minimum Gasteiger partial charge on any atom is -0.387 e. The SMILES string of the molecule is COCCCC(O)c1cnsn1. The van der Waals surface area contributed by atoms with Crippen LogP contribution in [0.25, 0.3) is 0 Å². The van der Waals surface area contributed by atoms with Gasteiger partial charge < -0.3 is 9.84 Å². The van der Waals surface area contributed by atoms with E-state index in [0.717, 1.165) is 18.1 Å². The molecule has 1 unspecified atom stereocenters. The maximum absolute atomic E-state index is 9.48. The van der Waals surface area contributed by atoms with Gasteiger partial charge in [0.1, 0.15) is 5.69 Å². The number of rotatable bonds is 5. The Morgan fingerprint density at radius 2 is 2.58 bits per heavy atom. The molecule has 0 aromatic carbocycles. The first-order valence-corrected chi connectivity index (χ1v) is 4.52. The first-order valence-electron chi connectivity index (χ1n) is 3.79. The highest BCUT2D eigenvalue weighted by molar-refractivity contribution is 6.99. The van der Waals surface area contributed by atoms with Crippen LogP contribution >= 0.6 is 11.7 Å². The van der Waals surface area contributed by atoms with Crippen LogP contribution in [-0.2, 0) is 4.74 Å². The summed E-state index contributed by atoms with van der Waals surface area (Å²) < 4.78 is 12.6. The van der Waals surface area contributed by atoms with Crippen molar-refractivity contribution in [2.75, 3.05) is 13.7 Å². The average Bonchev–Trinajstić information content (AvgIpc) is 2.56. The molecule has 1 aromatic heterocycles. The van der Waals surface area contributed by atoms with Gasteiger partial charge in [-0.2, -0.15) is 8.75 Å². The second-order valence-corrected chi connectivity index (χ2v) is 3.04. The quantitative estimate of drug-likeness (QED) is 0.700. The molecule has 0 saturated carbocycles. The number of hydrogen-bond donors (Lipinski definition) is 1. The standard InChI is InChI=1S/C7H12N2O2S/c1-11-4-2-3-7(10)6-5-8-12-9-6/h5,7,10H,2-4H2,1H3. The lowest BCUT2D eigenvalue weighted by molar-refractivity contribution is 0.134. The van der Waals surface area contributed by atoms with Crippen LogP contribution in [0.15, 0.2) is 6.20 Å². The molecule has 0 bridgehead atoms. The molecule has 0 radical (unpaired) electrons. The second kappa shape index (κ2) is 5.18. The fourth-order valence-corrected chi connectivity index (χ4v) is 1.35. The van der Waals surface area contributed by atoms with Crippen molar-refractivity contribution in [3.8, 4) is 0 Å². The number of aliphatic hydroxyl groups excluding tert-OH is 1. The van der Waals surface area contributed by atoms with Crippen molar-refractivity contribution in [1.29, 1.82) is 0 Å². The Kier molecular flexibility index (Phi) is 4.13. The van der Waals surface area contributed by atoms with Gasteiger partial charge >= 0.3 is 0 Å². The summed E-state index contributed by atoms with van der Waals surface area (Å²) in [7, 11) is 1.65. The highest BCUT2D eigenvalue weighted by Crippen LogP contribution is 2.15. The summed E-state index contributed by atoms with van der Waals surface area (Å²) in [5.41, 5.74) is 0.663. The molecule has 68 valence electrons. The van der Waals surface area contributed by atoms with Crippen molar-refractivity contribution in [2.45, 2.75) is 18.9 Å². The normalized spacial score (nSPS) is 13.2. The van der Waals surface area contributed by atoms with E-state index in [9.17, 15) is 5.11 Å². The molecule has 0 aliphatic carbocycles. The molecule has 1 aromatic rings. The molecule has 5 heteroatoms. The Morgan fingerprint density at radius 3 is 3.17 bits per heavy atom. The molecular weight excluding hydrogens is 176 g/mol. The van der Waals surface area contributed by atoms with Crippen molar-refractivity contribution < 1.29 is 9.84 Å². The maximum Gasteiger partial charge on any atom is 0.103 e. The molecule has 0 saturated heterocycles. The number of aromatic nitrogens is 2. The van der Waals surface area contributed by atoms with Gasteiger partial charge in [-0.1, -0.05) is 0 Å². The van der Waals surface area contributed by atoms with Gasteiger partial charge in [0, 0.05) is 13.7 Å². The summed E-state index contributed by atoms with van der Waals surface area (Å²) >= 11 is 1.12. The van der Waals surface area contributed by atoms with Crippen molar-refractivity contribution in [2.24, 2.45) is 0 Å². The Bertz CT molecular complexity index is 203. The highest BCUT2D eigenvalue weighted by atomic mass is 32.1. The molecule has 0 spiro atoms. The van der Waals surface area contributed by atoms with E-state index in [1.807, 2.05) is 0 Å². The van der Waals surface area contributed by atoms with E-state index in [0.29, 0.717) is 18.7 Å². The van der Waals surface area contributed by atoms with Crippen molar-refractivity contribution in [3.05, 3.63) is 11.9 Å². The van der Waals surface area contributed by atoms with Gasteiger partial charge in [-0.3, -0.25) is 0 Å². The zero-order chi connectivity index (χ0) is 8.81. The number of nitrogens with zero attached hydrogens (tertiary/aromatic N) is 2. The third kappa shape index (κ3) is 2.84. The fourth-order valence-electron chi connectivity index (χ4n) is 0.888. The van der Waals surface area contributed by atoms with Gasteiger partial charge in [0.05, 0.1) is 24.0 Å². The van der Waals surface area contributed by atoms with Gasteiger partial charge in [0.15, 0.2) is 0 Å². The number of aliphatic hydroxyl groups is 1. The Balaban J connectivity index is 2.25. The number of methoxy groups -OCH3 is 1. The van der Waals surface area contributed by atoms with Crippen LogP contribution in [0.3, 0.4) is 0 Å². The topological polar surface area (TPSA) is 55.2 Å². The summed E-state index contributed by atoms with van der Waals surface area (Å²) in [4.78, 5) is 0. The molecular formula is C7H12N2O2S. The molecule has 1 heterocycles. The largest absolute Gasteiger partial charge is 0.387 e. The first-order chi connectivity index (χ1) is 5.84. The minimum absolute atomic E-state index is 0.487. The van der Waals surface area contributed by atoms with E-state index in [1.54, 1.807) is 13.3 Å². The number of hydrogen-bond acceptors (Lipinski definition) is 5. The lowest BCUT2D eigenvalue weighted by atomic mass is 10.1. The summed E-state index contributed by atoms with van der Waals surface area (Å²) in [6, 6.07) is 0. The molecule has 0 fully saturated rings. The van der Waals surface area contributed by atoms with Gasteiger partial charge in [0.25, 0.3) is 0 Å². The van der Waals surface area contributed by atoms with E-state index >= 15 is 0 Å². The fraction of sp³-hybridized carbons (Fsp3) is 0.714. The van der Waals surface area contributed by atoms with E-state index in [1.165, 1.54) is 0 Å². The molecule has 1 N–H and O–H groups in total. The summed E-state index contributed by atoms with van der Waals surface area (Å²) in [6.45, 7) is 0.675. The summed E-state index contributed by atoms with van der Waals surface area (Å²) in [6.07, 6.45) is 2.63. The minimum atomic E-state index is -0.487. The molecule has 0 aliphatic rings. The predicted octanol–water partition coefficient (Wildman–Crippen LogP) is 0.998. The molecule has 12 heavy (non-hydrogen) atoms. The van der Waals surface area contributed by atoms with Crippen LogP contribution in [0.5, 0.6) is 0 Å².